The van der Waals surface area contributed by atoms with Crippen LogP contribution < -0.4 is 13.6 Å². The van der Waals surface area contributed by atoms with Crippen molar-refractivity contribution in [2.75, 3.05) is 0 Å². The summed E-state index contributed by atoms with van der Waals surface area (Å²) in [7, 11) is -2.68. The highest BCUT2D eigenvalue weighted by Gasteiger charge is 2.57. The van der Waals surface area contributed by atoms with Gasteiger partial charge >= 0.3 is 23.3 Å². The molecule has 312 valence electrons. The number of hydrogen-bond acceptors (Lipinski definition) is 3. The molecular weight excluding hydrogens is 753 g/mol. The Labute approximate surface area is 351 Å². The van der Waals surface area contributed by atoms with Crippen LogP contribution in [0.5, 0.6) is 17.2 Å². The van der Waals surface area contributed by atoms with E-state index in [2.05, 4.69) is 97.9 Å². The maximum Gasteiger partial charge on any atom is 0.309 e. The van der Waals surface area contributed by atoms with E-state index in [1.807, 2.05) is 0 Å². The van der Waals surface area contributed by atoms with E-state index >= 15 is 0 Å². The molecule has 12 aliphatic carbocycles. The van der Waals surface area contributed by atoms with Gasteiger partial charge in [0, 0.05) is 16.2 Å². The lowest BCUT2D eigenvalue weighted by atomic mass is 9.50. The summed E-state index contributed by atoms with van der Waals surface area (Å²) < 4.78 is 22.9. The smallest absolute Gasteiger partial charge is 0.287 e. The average molecular weight is 832 g/mol. The topological polar surface area (TPSA) is 27.7 Å². The maximum absolute atomic E-state index is 7.75. The van der Waals surface area contributed by atoms with Gasteiger partial charge in [0.2, 0.25) is 11.5 Å². The Balaban J connectivity index is 1.06. The van der Waals surface area contributed by atoms with Crippen LogP contribution in [0.25, 0.3) is 0 Å². The lowest BCUT2D eigenvalue weighted by Gasteiger charge is -2.54. The Bertz CT molecular complexity index is 1630. The minimum atomic E-state index is -0.922. The molecule has 0 saturated heterocycles. The summed E-state index contributed by atoms with van der Waals surface area (Å²) in [5, 5.41) is 0.0532. The summed E-state index contributed by atoms with van der Waals surface area (Å²) in [6.07, 6.45) is 25.7. The van der Waals surface area contributed by atoms with Gasteiger partial charge in [-0.3, -0.25) is 13.6 Å². The Morgan fingerprint density at radius 3 is 0.860 bits per heavy atom. The van der Waals surface area contributed by atoms with Gasteiger partial charge in [0.15, 0.2) is 15.5 Å². The molecule has 1 aromatic carbocycles. The summed E-state index contributed by atoms with van der Waals surface area (Å²) in [5.41, 5.74) is 1.03. The van der Waals surface area contributed by atoms with Crippen LogP contribution in [0.1, 0.15) is 178 Å². The molecule has 3 atom stereocenters. The van der Waals surface area contributed by atoms with Crippen LogP contribution in [0.4, 0.5) is 0 Å². The van der Waals surface area contributed by atoms with Gasteiger partial charge in [0.25, 0.3) is 5.75 Å². The Morgan fingerprint density at radius 1 is 0.404 bits per heavy atom. The predicted octanol–water partition coefficient (Wildman–Crippen LogP) is 15.5. The fourth-order valence-electron chi connectivity index (χ4n) is 15.9. The molecule has 0 aromatic heterocycles. The van der Waals surface area contributed by atoms with Crippen LogP contribution in [0, 0.1) is 69.5 Å². The molecule has 0 radical (unpaired) electrons. The predicted molar refractivity (Wildman–Crippen MR) is 248 cm³/mol. The molecule has 13 rings (SSSR count). The average Bonchev–Trinajstić information content (AvgIpc) is 3.05. The SMILES string of the molecule is CC(C)(C)[P+](=CC12CC3CC(CC(C3)C1)C2)Oc1cccc(O[P+](=CC23CC4CC(CC(C4)C2)C3)C(C)(C)C)c1O[P+](=CC12CC3CC(CC(C3)C1)C2)C(C)(C)C. The van der Waals surface area contributed by atoms with Crippen LogP contribution in [0.3, 0.4) is 0 Å². The minimum absolute atomic E-state index is 0.00319. The molecule has 57 heavy (non-hydrogen) atoms. The van der Waals surface area contributed by atoms with Crippen molar-refractivity contribution in [1.29, 1.82) is 0 Å². The normalized spacial score (nSPS) is 42.3. The molecule has 1 aromatic rings. The summed E-state index contributed by atoms with van der Waals surface area (Å²) in [4.78, 5) is 0. The molecule has 6 heteroatoms. The van der Waals surface area contributed by atoms with Gasteiger partial charge in [-0.25, -0.2) is 0 Å². The van der Waals surface area contributed by atoms with E-state index in [-0.39, 0.29) is 15.5 Å². The van der Waals surface area contributed by atoms with Crippen molar-refractivity contribution >= 4 is 40.7 Å². The van der Waals surface area contributed by atoms with Crippen molar-refractivity contribution in [2.45, 2.75) is 193 Å². The van der Waals surface area contributed by atoms with Gasteiger partial charge in [0.05, 0.1) is 0 Å². The molecule has 3 nitrogen and oxygen atoms in total. The zero-order valence-corrected chi connectivity index (χ0v) is 40.1. The van der Waals surface area contributed by atoms with E-state index < -0.39 is 23.3 Å². The Hall–Kier alpha value is -0.870. The number of rotatable bonds is 9. The maximum atomic E-state index is 7.75. The second kappa shape index (κ2) is 14.1. The van der Waals surface area contributed by atoms with Crippen molar-refractivity contribution in [3.63, 3.8) is 0 Å². The number of benzene rings is 1. The first-order valence-corrected chi connectivity index (χ1v) is 27.9. The van der Waals surface area contributed by atoms with Crippen LogP contribution in [0.15, 0.2) is 18.2 Å². The van der Waals surface area contributed by atoms with E-state index in [9.17, 15) is 0 Å². The standard InChI is InChI=1S/C51H78O3P3/c1-46(2,3)55(31-49-22-34-13-35(23-49)15-36(14-34)24-49)52-43-11-10-12-44(53-56(47(4,5)6)32-50-25-37-16-38(26-50)18-39(17-37)27-50)45(43)54-57(48(7,8)9)33-51-28-40-19-41(29-51)21-42(20-40)30-51/h10-12,31-42H,13-30H2,1-9H3/q+3. The van der Waals surface area contributed by atoms with E-state index in [1.54, 1.807) is 0 Å². The van der Waals surface area contributed by atoms with Gasteiger partial charge in [-0.2, -0.15) is 0 Å². The third-order valence-corrected chi connectivity index (χ3v) is 24.4. The van der Waals surface area contributed by atoms with Crippen LogP contribution in [-0.4, -0.2) is 32.9 Å². The van der Waals surface area contributed by atoms with Crippen molar-refractivity contribution in [1.82, 2.24) is 0 Å². The lowest BCUT2D eigenvalue weighted by molar-refractivity contribution is -0.00881. The molecule has 0 heterocycles. The Morgan fingerprint density at radius 2 is 0.632 bits per heavy atom. The summed E-state index contributed by atoms with van der Waals surface area (Å²) in [6.45, 7) is 21.9. The highest BCUT2D eigenvalue weighted by Crippen LogP contribution is 2.65. The second-order valence-corrected chi connectivity index (χ2v) is 32.9. The van der Waals surface area contributed by atoms with Crippen molar-refractivity contribution in [2.24, 2.45) is 69.5 Å². The third kappa shape index (κ3) is 8.04. The van der Waals surface area contributed by atoms with Gasteiger partial charge < -0.3 is 0 Å². The van der Waals surface area contributed by atoms with Crippen LogP contribution in [-0.2, 0) is 0 Å². The zero-order chi connectivity index (χ0) is 39.8. The van der Waals surface area contributed by atoms with Crippen molar-refractivity contribution < 1.29 is 13.6 Å². The van der Waals surface area contributed by atoms with Gasteiger partial charge in [0.1, 0.15) is 17.4 Å². The van der Waals surface area contributed by atoms with E-state index in [0.717, 1.165) is 70.5 Å². The molecular formula is C51H78O3P3+3. The van der Waals surface area contributed by atoms with Crippen molar-refractivity contribution in [3.8, 4) is 17.2 Å². The molecule has 12 bridgehead atoms. The van der Waals surface area contributed by atoms with Crippen molar-refractivity contribution in [3.05, 3.63) is 18.2 Å². The molecule has 0 spiro atoms. The van der Waals surface area contributed by atoms with E-state index in [0.29, 0.717) is 16.2 Å². The highest BCUT2D eigenvalue weighted by molar-refractivity contribution is 7.55. The van der Waals surface area contributed by atoms with E-state index in [4.69, 9.17) is 13.6 Å². The molecule has 0 amide bonds. The minimum Gasteiger partial charge on any atom is -0.287 e. The fraction of sp³-hybridized carbons (Fsp3) is 0.824. The summed E-state index contributed by atoms with van der Waals surface area (Å²) in [6, 6.07) is 6.72. The van der Waals surface area contributed by atoms with Gasteiger partial charge in [-0.15, -0.1) is 0 Å². The third-order valence-electron chi connectivity index (χ3n) is 16.9. The molecule has 12 fully saturated rings. The second-order valence-electron chi connectivity index (χ2n) is 25.6. The first-order chi connectivity index (χ1) is 26.8. The quantitative estimate of drug-likeness (QED) is 0.232. The number of hydrogen-bond donors (Lipinski definition) is 0. The van der Waals surface area contributed by atoms with Crippen LogP contribution >= 0.6 is 23.3 Å². The fourth-order valence-corrected chi connectivity index (χ4v) is 21.5. The van der Waals surface area contributed by atoms with Crippen LogP contribution in [0.2, 0.25) is 0 Å². The lowest BCUT2D eigenvalue weighted by Crippen LogP contribution is -2.47. The molecule has 12 aliphatic rings. The van der Waals surface area contributed by atoms with E-state index in [1.165, 1.54) is 116 Å². The molecule has 3 unspecified atom stereocenters. The monoisotopic (exact) mass is 832 g/mol. The largest absolute Gasteiger partial charge is 0.309 e. The number of para-hydroxylation sites is 1. The molecule has 0 aliphatic heterocycles. The first kappa shape index (κ1) is 40.2. The Kier molecular flexibility index (Phi) is 9.93. The first-order valence-electron chi connectivity index (χ1n) is 23.9. The summed E-state index contributed by atoms with van der Waals surface area (Å²) >= 11 is 0. The molecule has 12 saturated carbocycles. The molecule has 0 N–H and O–H groups in total. The zero-order valence-electron chi connectivity index (χ0n) is 37.5. The van der Waals surface area contributed by atoms with Gasteiger partial charge in [-0.1, -0.05) is 6.07 Å². The highest BCUT2D eigenvalue weighted by atomic mass is 31.1. The summed E-state index contributed by atoms with van der Waals surface area (Å²) in [5.74, 6) is 19.5. The van der Waals surface area contributed by atoms with Gasteiger partial charge in [-0.05, 0) is 243 Å².